The van der Waals surface area contributed by atoms with Crippen molar-refractivity contribution in [2.45, 2.75) is 17.9 Å². The second-order valence-corrected chi connectivity index (χ2v) is 17.4. The van der Waals surface area contributed by atoms with Crippen LogP contribution in [0.2, 0.25) is 0 Å². The normalized spacial score (nSPS) is 15.3. The summed E-state index contributed by atoms with van der Waals surface area (Å²) >= 11 is 0. The third kappa shape index (κ3) is 4.42. The van der Waals surface area contributed by atoms with Crippen molar-refractivity contribution >= 4 is 77.4 Å². The summed E-state index contributed by atoms with van der Waals surface area (Å²) in [7, 11) is 0. The molecule has 0 aliphatic heterocycles. The van der Waals surface area contributed by atoms with Crippen molar-refractivity contribution in [1.29, 1.82) is 0 Å². The Kier molecular flexibility index (Phi) is 6.94. The summed E-state index contributed by atoms with van der Waals surface area (Å²) in [5.41, 5.74) is 12.8. The van der Waals surface area contributed by atoms with Crippen molar-refractivity contribution in [2.75, 3.05) is 4.90 Å². The fourth-order valence-corrected chi connectivity index (χ4v) is 12.1. The summed E-state index contributed by atoms with van der Waals surface area (Å²) in [6.45, 7) is 0. The van der Waals surface area contributed by atoms with Crippen LogP contribution in [0.1, 0.15) is 28.7 Å². The molecule has 0 aromatic heterocycles. The third-order valence-corrected chi connectivity index (χ3v) is 14.5. The molecule has 3 aliphatic carbocycles. The molecule has 0 saturated heterocycles. The monoisotopic (exact) mass is 785 g/mol. The van der Waals surface area contributed by atoms with E-state index in [4.69, 9.17) is 0 Å². The molecule has 0 radical (unpaired) electrons. The first-order chi connectivity index (χ1) is 30.8. The van der Waals surface area contributed by atoms with E-state index in [-0.39, 0.29) is 11.5 Å². The average molecular weight is 786 g/mol. The van der Waals surface area contributed by atoms with Gasteiger partial charge in [0.1, 0.15) is 0 Å². The van der Waals surface area contributed by atoms with E-state index in [1.54, 1.807) is 0 Å². The largest absolute Gasteiger partial charge is 0.334 e. The summed E-state index contributed by atoms with van der Waals surface area (Å²) in [5, 5.41) is 15.6. The molecule has 11 aromatic rings. The lowest BCUT2D eigenvalue weighted by Gasteiger charge is -2.34. The number of fused-ring (bicyclic) bond motifs is 22. The molecule has 0 amide bonds. The van der Waals surface area contributed by atoms with Gasteiger partial charge in [-0.05, 0) is 139 Å². The van der Waals surface area contributed by atoms with Gasteiger partial charge in [-0.2, -0.15) is 0 Å². The second-order valence-electron chi connectivity index (χ2n) is 17.4. The van der Waals surface area contributed by atoms with Crippen LogP contribution in [0.15, 0.2) is 206 Å². The number of nitrogens with zero attached hydrogens (tertiary/aromatic N) is 1. The fraction of sp³-hybridized carbons (Fsp3) is 0.0492. The zero-order valence-electron chi connectivity index (χ0n) is 34.0. The van der Waals surface area contributed by atoms with Crippen molar-refractivity contribution in [1.82, 2.24) is 0 Å². The molecule has 288 valence electrons. The zero-order valence-corrected chi connectivity index (χ0v) is 34.0. The van der Waals surface area contributed by atoms with E-state index < -0.39 is 0 Å². The highest BCUT2D eigenvalue weighted by atomic mass is 15.2. The smallest absolute Gasteiger partial charge is 0.0725 e. The maximum Gasteiger partial charge on any atom is 0.0725 e. The van der Waals surface area contributed by atoms with Crippen LogP contribution >= 0.6 is 0 Å². The molecule has 1 spiro atoms. The SMILES string of the molecule is C1=c2c(c3ccccc3c3ccccc23)=CC(N(c2ccc3c(c2)-c2ccccc2C32c3ccccc3-c3ccccc32)c2ccc3c4ccccc4c4ccccc4c3c2)C1. The van der Waals surface area contributed by atoms with Gasteiger partial charge in [0, 0.05) is 11.4 Å². The molecule has 0 saturated carbocycles. The second kappa shape index (κ2) is 12.6. The molecular formula is C61H39N. The maximum absolute atomic E-state index is 2.64. The van der Waals surface area contributed by atoms with Gasteiger partial charge in [0.25, 0.3) is 0 Å². The summed E-state index contributed by atoms with van der Waals surface area (Å²) in [5.74, 6) is 0. The van der Waals surface area contributed by atoms with Gasteiger partial charge in [-0.1, -0.05) is 194 Å². The molecule has 1 atom stereocenters. The predicted octanol–water partition coefficient (Wildman–Crippen LogP) is 14.0. The van der Waals surface area contributed by atoms with Crippen LogP contribution in [0.25, 0.3) is 88.3 Å². The van der Waals surface area contributed by atoms with Crippen LogP contribution < -0.4 is 15.3 Å². The van der Waals surface area contributed by atoms with Gasteiger partial charge in [-0.25, -0.2) is 0 Å². The van der Waals surface area contributed by atoms with Gasteiger partial charge >= 0.3 is 0 Å². The minimum absolute atomic E-state index is 0.0628. The lowest BCUT2D eigenvalue weighted by Crippen LogP contribution is -2.38. The molecule has 1 nitrogen and oxygen atoms in total. The van der Waals surface area contributed by atoms with Gasteiger partial charge in [-0.3, -0.25) is 0 Å². The molecule has 62 heavy (non-hydrogen) atoms. The molecule has 0 fully saturated rings. The van der Waals surface area contributed by atoms with Gasteiger partial charge in [0.05, 0.1) is 11.5 Å². The maximum atomic E-state index is 2.64. The van der Waals surface area contributed by atoms with Crippen molar-refractivity contribution in [3.05, 3.63) is 239 Å². The lowest BCUT2D eigenvalue weighted by atomic mass is 9.70. The Morgan fingerprint density at radius 3 is 1.27 bits per heavy atom. The van der Waals surface area contributed by atoms with Gasteiger partial charge in [0.15, 0.2) is 0 Å². The van der Waals surface area contributed by atoms with Crippen LogP contribution in [-0.4, -0.2) is 6.04 Å². The van der Waals surface area contributed by atoms with Crippen LogP contribution in [0, 0.1) is 0 Å². The first-order valence-corrected chi connectivity index (χ1v) is 22.0. The van der Waals surface area contributed by atoms with Crippen molar-refractivity contribution in [3.8, 4) is 22.3 Å². The number of hydrogen-bond acceptors (Lipinski definition) is 1. The van der Waals surface area contributed by atoms with Gasteiger partial charge in [-0.15, -0.1) is 0 Å². The molecule has 0 bridgehead atoms. The summed E-state index contributed by atoms with van der Waals surface area (Å²) in [6.07, 6.45) is 5.96. The Bertz CT molecular complexity index is 3790. The topological polar surface area (TPSA) is 3.24 Å². The Morgan fingerprint density at radius 2 is 0.710 bits per heavy atom. The highest BCUT2D eigenvalue weighted by Gasteiger charge is 2.51. The molecule has 11 aromatic carbocycles. The highest BCUT2D eigenvalue weighted by Crippen LogP contribution is 2.63. The molecule has 0 heterocycles. The Morgan fingerprint density at radius 1 is 0.323 bits per heavy atom. The third-order valence-electron chi connectivity index (χ3n) is 14.5. The Hall–Kier alpha value is -7.74. The molecule has 1 unspecified atom stereocenters. The fourth-order valence-electron chi connectivity index (χ4n) is 12.1. The van der Waals surface area contributed by atoms with Crippen LogP contribution in [-0.2, 0) is 5.41 Å². The minimum Gasteiger partial charge on any atom is -0.334 e. The van der Waals surface area contributed by atoms with Crippen LogP contribution in [0.5, 0.6) is 0 Å². The molecule has 0 N–H and O–H groups in total. The Balaban J connectivity index is 1.05. The lowest BCUT2D eigenvalue weighted by molar-refractivity contribution is 0.792. The van der Waals surface area contributed by atoms with E-state index in [1.165, 1.54) is 120 Å². The summed E-state index contributed by atoms with van der Waals surface area (Å²) < 4.78 is 0. The average Bonchev–Trinajstić information content (AvgIpc) is 3.81. The van der Waals surface area contributed by atoms with E-state index in [1.807, 2.05) is 0 Å². The zero-order chi connectivity index (χ0) is 40.5. The first-order valence-electron chi connectivity index (χ1n) is 22.0. The standard InChI is InChI=1S/C61H39N/c1-3-19-45-41(15-1)43-17-5-7-21-47(43)54-35-38(29-32-49(45)54)62(39-30-33-50-46-20-4-2-16-42(46)44-18-6-8-22-48(44)55(50)36-39)40-31-34-60-56(37-40)53-25-11-14-28-59(53)61(60)57-26-12-9-23-51(57)52-24-10-13-27-58(52)61/h1-29,31-37,39H,30H2. The highest BCUT2D eigenvalue weighted by molar-refractivity contribution is 6.25. The van der Waals surface area contributed by atoms with Crippen LogP contribution in [0.3, 0.4) is 0 Å². The quantitative estimate of drug-likeness (QED) is 0.161. The molecule has 1 heteroatoms. The molecule has 3 aliphatic rings. The molecule has 14 rings (SSSR count). The van der Waals surface area contributed by atoms with Crippen LogP contribution in [0.4, 0.5) is 11.4 Å². The number of rotatable bonds is 3. The van der Waals surface area contributed by atoms with E-state index >= 15 is 0 Å². The van der Waals surface area contributed by atoms with E-state index in [9.17, 15) is 0 Å². The van der Waals surface area contributed by atoms with Gasteiger partial charge < -0.3 is 4.90 Å². The number of benzene rings is 11. The molecular weight excluding hydrogens is 747 g/mol. The first kappa shape index (κ1) is 34.0. The van der Waals surface area contributed by atoms with Crippen molar-refractivity contribution in [3.63, 3.8) is 0 Å². The van der Waals surface area contributed by atoms with E-state index in [2.05, 4.69) is 223 Å². The van der Waals surface area contributed by atoms with E-state index in [0.29, 0.717) is 0 Å². The predicted molar refractivity (Wildman–Crippen MR) is 262 cm³/mol. The number of hydrogen-bond donors (Lipinski definition) is 0. The van der Waals surface area contributed by atoms with Crippen molar-refractivity contribution in [2.24, 2.45) is 0 Å². The summed E-state index contributed by atoms with van der Waals surface area (Å²) in [6, 6.07) is 77.7. The minimum atomic E-state index is -0.380. The van der Waals surface area contributed by atoms with Crippen molar-refractivity contribution < 1.29 is 0 Å². The van der Waals surface area contributed by atoms with Gasteiger partial charge in [0.2, 0.25) is 0 Å². The van der Waals surface area contributed by atoms with E-state index in [0.717, 1.165) is 6.42 Å². The summed E-state index contributed by atoms with van der Waals surface area (Å²) in [4.78, 5) is 2.64. The Labute approximate surface area is 359 Å². The number of anilines is 2.